The Balaban J connectivity index is 2.05. The van der Waals surface area contributed by atoms with Crippen molar-refractivity contribution in [2.45, 2.75) is 13.3 Å². The molecule has 0 heterocycles. The van der Waals surface area contributed by atoms with Gasteiger partial charge in [0.15, 0.2) is 0 Å². The molecule has 0 aliphatic heterocycles. The van der Waals surface area contributed by atoms with E-state index < -0.39 is 17.5 Å². The summed E-state index contributed by atoms with van der Waals surface area (Å²) in [4.78, 5) is 11.7. The summed E-state index contributed by atoms with van der Waals surface area (Å²) in [7, 11) is 1.43. The van der Waals surface area contributed by atoms with E-state index in [0.29, 0.717) is 18.4 Å². The van der Waals surface area contributed by atoms with Crippen molar-refractivity contribution in [3.63, 3.8) is 0 Å². The molecular formula is C13H16F2N2O. The van der Waals surface area contributed by atoms with Crippen molar-refractivity contribution in [1.82, 2.24) is 5.32 Å². The van der Waals surface area contributed by atoms with E-state index in [4.69, 9.17) is 0 Å². The molecule has 0 aromatic heterocycles. The molecule has 2 rings (SSSR count). The van der Waals surface area contributed by atoms with Gasteiger partial charge < -0.3 is 10.6 Å². The molecule has 1 amide bonds. The van der Waals surface area contributed by atoms with Crippen LogP contribution in [0.5, 0.6) is 0 Å². The zero-order valence-corrected chi connectivity index (χ0v) is 10.4. The lowest BCUT2D eigenvalue weighted by Crippen LogP contribution is -2.26. The van der Waals surface area contributed by atoms with E-state index in [-0.39, 0.29) is 11.3 Å². The Morgan fingerprint density at radius 3 is 2.39 bits per heavy atom. The smallest absolute Gasteiger partial charge is 0.251 e. The molecule has 1 aliphatic rings. The van der Waals surface area contributed by atoms with E-state index >= 15 is 0 Å². The van der Waals surface area contributed by atoms with Crippen LogP contribution in [0.1, 0.15) is 23.7 Å². The molecule has 0 saturated heterocycles. The number of nitrogens with one attached hydrogen (secondary N) is 2. The van der Waals surface area contributed by atoms with E-state index in [2.05, 4.69) is 17.6 Å². The third-order valence-corrected chi connectivity index (χ3v) is 3.36. The van der Waals surface area contributed by atoms with Crippen molar-refractivity contribution in [2.24, 2.45) is 11.8 Å². The summed E-state index contributed by atoms with van der Waals surface area (Å²) in [6.45, 7) is 2.68. The number of anilines is 1. The van der Waals surface area contributed by atoms with E-state index in [0.717, 1.165) is 18.6 Å². The summed E-state index contributed by atoms with van der Waals surface area (Å²) in [6.07, 6.45) is 1.10. The van der Waals surface area contributed by atoms with Crippen LogP contribution in [0.3, 0.4) is 0 Å². The standard InChI is InChI=1S/C13H16F2N2O/c1-7-3-9(7)6-17-13(18)8-4-10(14)12(16-2)11(15)5-8/h4-5,7,9,16H,3,6H2,1-2H3,(H,17,18). The summed E-state index contributed by atoms with van der Waals surface area (Å²) in [5.41, 5.74) is -0.209. The van der Waals surface area contributed by atoms with Crippen molar-refractivity contribution < 1.29 is 13.6 Å². The number of amides is 1. The normalized spacial score (nSPS) is 21.6. The second kappa shape index (κ2) is 4.92. The van der Waals surface area contributed by atoms with E-state index in [9.17, 15) is 13.6 Å². The lowest BCUT2D eigenvalue weighted by atomic mass is 10.1. The number of rotatable bonds is 4. The molecule has 1 aliphatic carbocycles. The van der Waals surface area contributed by atoms with Crippen molar-refractivity contribution >= 4 is 11.6 Å². The molecule has 2 unspecified atom stereocenters. The van der Waals surface area contributed by atoms with E-state index in [1.54, 1.807) is 0 Å². The Morgan fingerprint density at radius 2 is 1.94 bits per heavy atom. The van der Waals surface area contributed by atoms with Gasteiger partial charge in [0.1, 0.15) is 17.3 Å². The van der Waals surface area contributed by atoms with Gasteiger partial charge in [-0.2, -0.15) is 0 Å². The minimum Gasteiger partial charge on any atom is -0.383 e. The quantitative estimate of drug-likeness (QED) is 0.866. The number of halogens is 2. The summed E-state index contributed by atoms with van der Waals surface area (Å²) in [6, 6.07) is 2.08. The predicted octanol–water partition coefficient (Wildman–Crippen LogP) is 2.39. The first-order chi connectivity index (χ1) is 8.52. The highest BCUT2D eigenvalue weighted by Gasteiger charge is 2.32. The molecule has 2 atom stereocenters. The van der Waals surface area contributed by atoms with Gasteiger partial charge in [-0.15, -0.1) is 0 Å². The van der Waals surface area contributed by atoms with Crippen LogP contribution in [-0.2, 0) is 0 Å². The lowest BCUT2D eigenvalue weighted by molar-refractivity contribution is 0.0950. The van der Waals surface area contributed by atoms with Crippen LogP contribution in [0, 0.1) is 23.5 Å². The molecule has 0 bridgehead atoms. The molecule has 1 aromatic carbocycles. The van der Waals surface area contributed by atoms with Crippen LogP contribution < -0.4 is 10.6 Å². The zero-order chi connectivity index (χ0) is 13.3. The highest BCUT2D eigenvalue weighted by molar-refractivity contribution is 5.94. The van der Waals surface area contributed by atoms with Gasteiger partial charge in [-0.25, -0.2) is 8.78 Å². The largest absolute Gasteiger partial charge is 0.383 e. The van der Waals surface area contributed by atoms with Crippen LogP contribution in [0.25, 0.3) is 0 Å². The van der Waals surface area contributed by atoms with Crippen molar-refractivity contribution in [3.05, 3.63) is 29.3 Å². The zero-order valence-electron chi connectivity index (χ0n) is 10.4. The van der Waals surface area contributed by atoms with Gasteiger partial charge in [0, 0.05) is 19.2 Å². The molecule has 1 saturated carbocycles. The van der Waals surface area contributed by atoms with Crippen molar-refractivity contribution in [1.29, 1.82) is 0 Å². The number of benzene rings is 1. The Morgan fingerprint density at radius 1 is 1.39 bits per heavy atom. The van der Waals surface area contributed by atoms with Crippen molar-refractivity contribution in [2.75, 3.05) is 18.9 Å². The van der Waals surface area contributed by atoms with Gasteiger partial charge in [0.05, 0.1) is 0 Å². The van der Waals surface area contributed by atoms with Gasteiger partial charge in [0.25, 0.3) is 5.91 Å². The van der Waals surface area contributed by atoms with Crippen LogP contribution in [-0.4, -0.2) is 19.5 Å². The Bertz CT molecular complexity index is 453. The van der Waals surface area contributed by atoms with Gasteiger partial charge >= 0.3 is 0 Å². The average Bonchev–Trinajstić information content (AvgIpc) is 3.02. The second-order valence-electron chi connectivity index (χ2n) is 4.75. The molecule has 0 spiro atoms. The molecule has 1 fully saturated rings. The van der Waals surface area contributed by atoms with Gasteiger partial charge in [-0.1, -0.05) is 6.92 Å². The number of carbonyl (C=O) groups excluding carboxylic acids is 1. The number of hydrogen-bond acceptors (Lipinski definition) is 2. The summed E-state index contributed by atoms with van der Waals surface area (Å²) >= 11 is 0. The maximum Gasteiger partial charge on any atom is 0.251 e. The van der Waals surface area contributed by atoms with Gasteiger partial charge in [-0.3, -0.25) is 4.79 Å². The molecule has 18 heavy (non-hydrogen) atoms. The maximum atomic E-state index is 13.5. The first-order valence-electron chi connectivity index (χ1n) is 5.98. The highest BCUT2D eigenvalue weighted by atomic mass is 19.1. The first kappa shape index (κ1) is 12.8. The molecule has 2 N–H and O–H groups in total. The highest BCUT2D eigenvalue weighted by Crippen LogP contribution is 2.36. The third kappa shape index (κ3) is 2.60. The molecule has 0 radical (unpaired) electrons. The molecule has 5 heteroatoms. The number of hydrogen-bond donors (Lipinski definition) is 2. The Hall–Kier alpha value is -1.65. The molecule has 1 aromatic rings. The predicted molar refractivity (Wildman–Crippen MR) is 65.5 cm³/mol. The molecular weight excluding hydrogens is 238 g/mol. The lowest BCUT2D eigenvalue weighted by Gasteiger charge is -2.08. The van der Waals surface area contributed by atoms with Crippen LogP contribution in [0.2, 0.25) is 0 Å². The van der Waals surface area contributed by atoms with Gasteiger partial charge in [-0.05, 0) is 30.4 Å². The second-order valence-corrected chi connectivity index (χ2v) is 4.75. The summed E-state index contributed by atoms with van der Waals surface area (Å²) in [5.74, 6) is -0.829. The fourth-order valence-electron chi connectivity index (χ4n) is 1.95. The first-order valence-corrected chi connectivity index (χ1v) is 5.98. The summed E-state index contributed by atoms with van der Waals surface area (Å²) < 4.78 is 26.9. The van der Waals surface area contributed by atoms with Crippen LogP contribution in [0.4, 0.5) is 14.5 Å². The van der Waals surface area contributed by atoms with Crippen molar-refractivity contribution in [3.8, 4) is 0 Å². The Kier molecular flexibility index (Phi) is 3.50. The van der Waals surface area contributed by atoms with Crippen LogP contribution in [0.15, 0.2) is 12.1 Å². The minimum atomic E-state index is -0.762. The van der Waals surface area contributed by atoms with Gasteiger partial charge in [0.2, 0.25) is 0 Å². The van der Waals surface area contributed by atoms with E-state index in [1.165, 1.54) is 7.05 Å². The number of carbonyl (C=O) groups is 1. The maximum absolute atomic E-state index is 13.5. The summed E-state index contributed by atoms with van der Waals surface area (Å²) in [5, 5.41) is 5.10. The Labute approximate surface area is 105 Å². The molecule has 3 nitrogen and oxygen atoms in total. The van der Waals surface area contributed by atoms with Crippen LogP contribution >= 0.6 is 0 Å². The molecule has 98 valence electrons. The topological polar surface area (TPSA) is 41.1 Å². The minimum absolute atomic E-state index is 0.0114. The monoisotopic (exact) mass is 254 g/mol. The van der Waals surface area contributed by atoms with E-state index in [1.807, 2.05) is 0 Å². The third-order valence-electron chi connectivity index (χ3n) is 3.36. The average molecular weight is 254 g/mol. The SMILES string of the molecule is CNc1c(F)cc(C(=O)NCC2CC2C)cc1F. The fraction of sp³-hybridized carbons (Fsp3) is 0.462. The fourth-order valence-corrected chi connectivity index (χ4v) is 1.95.